The zero-order valence-corrected chi connectivity index (χ0v) is 10.8. The molecule has 5 heteroatoms. The van der Waals surface area contributed by atoms with Crippen LogP contribution in [0.25, 0.3) is 0 Å². The van der Waals surface area contributed by atoms with Crippen LogP contribution >= 0.6 is 15.9 Å². The maximum Gasteiger partial charge on any atom is 0.220 e. The molecule has 0 radical (unpaired) electrons. The SMILES string of the molecule is COCCOCCCCNC(=O)CCBr. The number of nitrogens with one attached hydrogen (secondary N) is 1. The van der Waals surface area contributed by atoms with Crippen molar-refractivity contribution in [2.75, 3.05) is 38.8 Å². The van der Waals surface area contributed by atoms with Crippen LogP contribution in [0.2, 0.25) is 0 Å². The summed E-state index contributed by atoms with van der Waals surface area (Å²) in [7, 11) is 1.66. The lowest BCUT2D eigenvalue weighted by atomic mass is 10.3. The zero-order valence-electron chi connectivity index (χ0n) is 9.26. The summed E-state index contributed by atoms with van der Waals surface area (Å²) in [4.78, 5) is 11.0. The van der Waals surface area contributed by atoms with Crippen molar-refractivity contribution in [3.63, 3.8) is 0 Å². The maximum atomic E-state index is 11.0. The summed E-state index contributed by atoms with van der Waals surface area (Å²) in [6.45, 7) is 2.76. The van der Waals surface area contributed by atoms with Gasteiger partial charge in [0.25, 0.3) is 0 Å². The van der Waals surface area contributed by atoms with Crippen molar-refractivity contribution in [1.82, 2.24) is 5.32 Å². The Morgan fingerprint density at radius 1 is 1.27 bits per heavy atom. The number of ether oxygens (including phenoxy) is 2. The Bertz CT molecular complexity index is 156. The Hall–Kier alpha value is -0.130. The fourth-order valence-corrected chi connectivity index (χ4v) is 1.34. The predicted octanol–water partition coefficient (Wildman–Crippen LogP) is 1.33. The number of hydrogen-bond donors (Lipinski definition) is 1. The molecule has 1 amide bonds. The van der Waals surface area contributed by atoms with Crippen molar-refractivity contribution >= 4 is 21.8 Å². The Morgan fingerprint density at radius 3 is 2.73 bits per heavy atom. The Morgan fingerprint density at radius 2 is 2.07 bits per heavy atom. The first-order valence-corrected chi connectivity index (χ1v) is 6.32. The standard InChI is InChI=1S/C10H20BrNO3/c1-14-8-9-15-7-3-2-6-12-10(13)4-5-11/h2-9H2,1H3,(H,12,13). The highest BCUT2D eigenvalue weighted by molar-refractivity contribution is 9.09. The van der Waals surface area contributed by atoms with E-state index in [1.807, 2.05) is 0 Å². The van der Waals surface area contributed by atoms with Gasteiger partial charge in [-0.3, -0.25) is 4.79 Å². The molecule has 0 heterocycles. The van der Waals surface area contributed by atoms with Crippen LogP contribution in [-0.2, 0) is 14.3 Å². The van der Waals surface area contributed by atoms with E-state index in [0.717, 1.165) is 31.3 Å². The second kappa shape index (κ2) is 11.9. The molecule has 0 unspecified atom stereocenters. The summed E-state index contributed by atoms with van der Waals surface area (Å²) in [5.41, 5.74) is 0. The van der Waals surface area contributed by atoms with Gasteiger partial charge in [0, 0.05) is 32.0 Å². The highest BCUT2D eigenvalue weighted by Crippen LogP contribution is 1.91. The molecule has 15 heavy (non-hydrogen) atoms. The molecule has 0 atom stereocenters. The summed E-state index contributed by atoms with van der Waals surface area (Å²) in [5.74, 6) is 0.104. The molecule has 1 N–H and O–H groups in total. The van der Waals surface area contributed by atoms with E-state index >= 15 is 0 Å². The van der Waals surface area contributed by atoms with Crippen molar-refractivity contribution in [1.29, 1.82) is 0 Å². The molecule has 0 rings (SSSR count). The smallest absolute Gasteiger partial charge is 0.220 e. The average Bonchev–Trinajstić information content (AvgIpc) is 2.22. The van der Waals surface area contributed by atoms with Gasteiger partial charge in [-0.05, 0) is 12.8 Å². The number of amides is 1. The second-order valence-corrected chi connectivity index (χ2v) is 3.89. The molecule has 0 saturated carbocycles. The number of methoxy groups -OCH3 is 1. The first-order valence-electron chi connectivity index (χ1n) is 5.20. The third-order valence-corrected chi connectivity index (χ3v) is 2.19. The van der Waals surface area contributed by atoms with Gasteiger partial charge in [0.2, 0.25) is 5.91 Å². The summed E-state index contributed by atoms with van der Waals surface area (Å²) in [6.07, 6.45) is 2.48. The van der Waals surface area contributed by atoms with E-state index in [1.54, 1.807) is 7.11 Å². The third kappa shape index (κ3) is 11.8. The average molecular weight is 282 g/mol. The van der Waals surface area contributed by atoms with Gasteiger partial charge >= 0.3 is 0 Å². The molecule has 0 aliphatic carbocycles. The van der Waals surface area contributed by atoms with Gasteiger partial charge in [-0.1, -0.05) is 15.9 Å². The fraction of sp³-hybridized carbons (Fsp3) is 0.900. The summed E-state index contributed by atoms with van der Waals surface area (Å²) >= 11 is 3.22. The Labute approximate surface area is 99.8 Å². The molecule has 0 bridgehead atoms. The van der Waals surface area contributed by atoms with E-state index in [9.17, 15) is 4.79 Å². The third-order valence-electron chi connectivity index (χ3n) is 1.79. The van der Waals surface area contributed by atoms with E-state index in [0.29, 0.717) is 19.6 Å². The lowest BCUT2D eigenvalue weighted by molar-refractivity contribution is -0.120. The number of alkyl halides is 1. The van der Waals surface area contributed by atoms with E-state index < -0.39 is 0 Å². The molecule has 4 nitrogen and oxygen atoms in total. The number of unbranched alkanes of at least 4 members (excludes halogenated alkanes) is 1. The summed E-state index contributed by atoms with van der Waals surface area (Å²) in [6, 6.07) is 0. The largest absolute Gasteiger partial charge is 0.382 e. The molecular weight excluding hydrogens is 262 g/mol. The van der Waals surface area contributed by atoms with Gasteiger partial charge in [0.15, 0.2) is 0 Å². The molecule has 0 fully saturated rings. The van der Waals surface area contributed by atoms with Gasteiger partial charge in [0.1, 0.15) is 0 Å². The van der Waals surface area contributed by atoms with Crippen LogP contribution in [0.5, 0.6) is 0 Å². The molecule has 0 aliphatic heterocycles. The first-order chi connectivity index (χ1) is 7.31. The highest BCUT2D eigenvalue weighted by atomic mass is 79.9. The molecule has 0 aromatic rings. The van der Waals surface area contributed by atoms with Crippen LogP contribution in [-0.4, -0.2) is 44.7 Å². The van der Waals surface area contributed by atoms with Gasteiger partial charge in [-0.15, -0.1) is 0 Å². The van der Waals surface area contributed by atoms with Crippen LogP contribution in [0.1, 0.15) is 19.3 Å². The van der Waals surface area contributed by atoms with Gasteiger partial charge in [-0.25, -0.2) is 0 Å². The Balaban J connectivity index is 3.01. The predicted molar refractivity (Wildman–Crippen MR) is 63.3 cm³/mol. The van der Waals surface area contributed by atoms with Crippen LogP contribution in [0.4, 0.5) is 0 Å². The van der Waals surface area contributed by atoms with Gasteiger partial charge in [0.05, 0.1) is 13.2 Å². The highest BCUT2D eigenvalue weighted by Gasteiger charge is 1.97. The zero-order chi connectivity index (χ0) is 11.4. The minimum Gasteiger partial charge on any atom is -0.382 e. The van der Waals surface area contributed by atoms with Gasteiger partial charge in [-0.2, -0.15) is 0 Å². The quantitative estimate of drug-likeness (QED) is 0.486. The molecule has 0 saturated heterocycles. The molecular formula is C10H20BrNO3. The lowest BCUT2D eigenvalue weighted by Crippen LogP contribution is -2.24. The Kier molecular flexibility index (Phi) is 11.8. The van der Waals surface area contributed by atoms with E-state index in [4.69, 9.17) is 9.47 Å². The first kappa shape index (κ1) is 14.9. The number of carbonyl (C=O) groups excluding carboxylic acids is 1. The number of halogens is 1. The van der Waals surface area contributed by atoms with E-state index in [1.165, 1.54) is 0 Å². The summed E-state index contributed by atoms with van der Waals surface area (Å²) < 4.78 is 10.1. The monoisotopic (exact) mass is 281 g/mol. The van der Waals surface area contributed by atoms with Gasteiger partial charge < -0.3 is 14.8 Å². The number of rotatable bonds is 10. The molecule has 0 aliphatic rings. The number of hydrogen-bond acceptors (Lipinski definition) is 3. The molecule has 90 valence electrons. The molecule has 0 aromatic carbocycles. The fourth-order valence-electron chi connectivity index (χ4n) is 0.975. The maximum absolute atomic E-state index is 11.0. The van der Waals surface area contributed by atoms with E-state index in [-0.39, 0.29) is 5.91 Å². The van der Waals surface area contributed by atoms with Crippen LogP contribution in [0, 0.1) is 0 Å². The molecule has 0 aromatic heterocycles. The van der Waals surface area contributed by atoms with Crippen molar-refractivity contribution in [3.8, 4) is 0 Å². The number of carbonyl (C=O) groups is 1. The second-order valence-electron chi connectivity index (χ2n) is 3.10. The molecule has 0 spiro atoms. The van der Waals surface area contributed by atoms with Crippen LogP contribution < -0.4 is 5.32 Å². The minimum atomic E-state index is 0.104. The van der Waals surface area contributed by atoms with Crippen LogP contribution in [0.3, 0.4) is 0 Å². The van der Waals surface area contributed by atoms with E-state index in [2.05, 4.69) is 21.2 Å². The normalized spacial score (nSPS) is 10.3. The van der Waals surface area contributed by atoms with Crippen molar-refractivity contribution < 1.29 is 14.3 Å². The topological polar surface area (TPSA) is 47.6 Å². The van der Waals surface area contributed by atoms with Crippen LogP contribution in [0.15, 0.2) is 0 Å². The van der Waals surface area contributed by atoms with Crippen molar-refractivity contribution in [3.05, 3.63) is 0 Å². The van der Waals surface area contributed by atoms with Crippen molar-refractivity contribution in [2.24, 2.45) is 0 Å². The minimum absolute atomic E-state index is 0.104. The van der Waals surface area contributed by atoms with Crippen molar-refractivity contribution in [2.45, 2.75) is 19.3 Å². The lowest BCUT2D eigenvalue weighted by Gasteiger charge is -2.05. The summed E-state index contributed by atoms with van der Waals surface area (Å²) in [5, 5.41) is 3.56.